The van der Waals surface area contributed by atoms with Gasteiger partial charge in [0.1, 0.15) is 12.9 Å². The Kier molecular flexibility index (Phi) is 5.56. The van der Waals surface area contributed by atoms with E-state index in [0.29, 0.717) is 11.1 Å². The van der Waals surface area contributed by atoms with E-state index in [1.807, 2.05) is 30.3 Å². The number of anilines is 1. The Hall–Kier alpha value is -4.33. The zero-order chi connectivity index (χ0) is 20.8. The lowest BCUT2D eigenvalue weighted by atomic mass is 10.1. The smallest absolute Gasteiger partial charge is 0.338 e. The fourth-order valence-electron chi connectivity index (χ4n) is 2.74. The number of carbonyl (C=O) groups is 2. The van der Waals surface area contributed by atoms with Gasteiger partial charge < -0.3 is 10.1 Å². The van der Waals surface area contributed by atoms with Crippen LogP contribution in [0.3, 0.4) is 0 Å². The van der Waals surface area contributed by atoms with Crippen LogP contribution in [0.1, 0.15) is 26.3 Å². The van der Waals surface area contributed by atoms with Crippen molar-refractivity contribution in [2.24, 2.45) is 0 Å². The van der Waals surface area contributed by atoms with Gasteiger partial charge in [0.2, 0.25) is 0 Å². The Labute approximate surface area is 172 Å². The number of esters is 1. The highest BCUT2D eigenvalue weighted by atomic mass is 16.5. The minimum Gasteiger partial charge on any atom is -0.457 e. The van der Waals surface area contributed by atoms with Crippen molar-refractivity contribution in [3.63, 3.8) is 0 Å². The van der Waals surface area contributed by atoms with E-state index in [1.54, 1.807) is 48.5 Å². The normalized spacial score (nSPS) is 10.4. The third-order valence-corrected chi connectivity index (χ3v) is 4.33. The number of aromatic nitrogens is 4. The van der Waals surface area contributed by atoms with Gasteiger partial charge in [-0.15, -0.1) is 5.10 Å². The predicted molar refractivity (Wildman–Crippen MR) is 109 cm³/mol. The van der Waals surface area contributed by atoms with Gasteiger partial charge >= 0.3 is 5.97 Å². The average Bonchev–Trinajstić information content (AvgIpc) is 3.34. The van der Waals surface area contributed by atoms with Crippen LogP contribution in [0.25, 0.3) is 5.69 Å². The lowest BCUT2D eigenvalue weighted by molar-refractivity contribution is 0.0472. The molecule has 8 nitrogen and oxygen atoms in total. The molecule has 0 atom stereocenters. The molecule has 1 amide bonds. The van der Waals surface area contributed by atoms with Crippen molar-refractivity contribution >= 4 is 17.6 Å². The molecule has 148 valence electrons. The van der Waals surface area contributed by atoms with Gasteiger partial charge in [0, 0.05) is 11.3 Å². The van der Waals surface area contributed by atoms with Gasteiger partial charge in [-0.2, -0.15) is 0 Å². The lowest BCUT2D eigenvalue weighted by Crippen LogP contribution is -2.12. The molecule has 0 saturated carbocycles. The standard InChI is InChI=1S/C22H17N5O3/c28-21(24-19-4-2-1-3-5-19)17-8-6-16(7-9-17)14-30-22(29)18-10-12-20(13-11-18)27-15-23-25-26-27/h1-13,15H,14H2,(H,24,28). The number of para-hydroxylation sites is 1. The Morgan fingerprint density at radius 1 is 0.867 bits per heavy atom. The molecule has 1 N–H and O–H groups in total. The molecule has 1 aromatic heterocycles. The summed E-state index contributed by atoms with van der Waals surface area (Å²) in [4.78, 5) is 24.5. The highest BCUT2D eigenvalue weighted by molar-refractivity contribution is 6.04. The molecule has 4 aromatic rings. The second kappa shape index (κ2) is 8.78. The highest BCUT2D eigenvalue weighted by Crippen LogP contribution is 2.13. The Morgan fingerprint density at radius 3 is 2.23 bits per heavy atom. The third-order valence-electron chi connectivity index (χ3n) is 4.33. The first-order valence-corrected chi connectivity index (χ1v) is 9.15. The summed E-state index contributed by atoms with van der Waals surface area (Å²) >= 11 is 0. The molecule has 1 heterocycles. The monoisotopic (exact) mass is 399 g/mol. The summed E-state index contributed by atoms with van der Waals surface area (Å²) in [6.07, 6.45) is 1.47. The number of nitrogens with one attached hydrogen (secondary N) is 1. The SMILES string of the molecule is O=C(Nc1ccccc1)c1ccc(COC(=O)c2ccc(-n3cnnn3)cc2)cc1. The molecule has 30 heavy (non-hydrogen) atoms. The molecular weight excluding hydrogens is 382 g/mol. The van der Waals surface area contributed by atoms with Crippen molar-refractivity contribution in [3.8, 4) is 5.69 Å². The number of nitrogens with zero attached hydrogens (tertiary/aromatic N) is 4. The third kappa shape index (κ3) is 4.56. The van der Waals surface area contributed by atoms with Crippen LogP contribution in [-0.2, 0) is 11.3 Å². The van der Waals surface area contributed by atoms with Crippen molar-refractivity contribution in [1.29, 1.82) is 0 Å². The van der Waals surface area contributed by atoms with E-state index >= 15 is 0 Å². The number of benzene rings is 3. The summed E-state index contributed by atoms with van der Waals surface area (Å²) in [7, 11) is 0. The summed E-state index contributed by atoms with van der Waals surface area (Å²) in [5.74, 6) is -0.642. The van der Waals surface area contributed by atoms with Gasteiger partial charge in [-0.05, 0) is 64.5 Å². The molecule has 0 spiro atoms. The lowest BCUT2D eigenvalue weighted by Gasteiger charge is -2.08. The van der Waals surface area contributed by atoms with E-state index in [4.69, 9.17) is 4.74 Å². The van der Waals surface area contributed by atoms with Gasteiger partial charge in [-0.25, -0.2) is 9.48 Å². The Balaban J connectivity index is 1.32. The molecule has 0 bridgehead atoms. The maximum atomic E-state index is 12.3. The summed E-state index contributed by atoms with van der Waals surface area (Å²) in [5.41, 5.74) is 3.19. The Bertz CT molecular complexity index is 1130. The summed E-state index contributed by atoms with van der Waals surface area (Å²) in [6.45, 7) is 0.105. The molecule has 0 aliphatic heterocycles. The first-order valence-electron chi connectivity index (χ1n) is 9.15. The van der Waals surface area contributed by atoms with Crippen LogP contribution in [0, 0.1) is 0 Å². The minimum atomic E-state index is -0.441. The maximum Gasteiger partial charge on any atom is 0.338 e. The van der Waals surface area contributed by atoms with E-state index in [9.17, 15) is 9.59 Å². The molecule has 0 unspecified atom stereocenters. The van der Waals surface area contributed by atoms with Crippen LogP contribution in [0.15, 0.2) is 85.2 Å². The fraction of sp³-hybridized carbons (Fsp3) is 0.0455. The van der Waals surface area contributed by atoms with Gasteiger partial charge in [0.25, 0.3) is 5.91 Å². The molecule has 0 aliphatic rings. The second-order valence-corrected chi connectivity index (χ2v) is 6.39. The number of hydrogen-bond donors (Lipinski definition) is 1. The van der Waals surface area contributed by atoms with E-state index in [-0.39, 0.29) is 12.5 Å². The molecule has 0 fully saturated rings. The number of tetrazole rings is 1. The van der Waals surface area contributed by atoms with Crippen molar-refractivity contribution < 1.29 is 14.3 Å². The Morgan fingerprint density at radius 2 is 1.57 bits per heavy atom. The summed E-state index contributed by atoms with van der Waals surface area (Å²) in [6, 6.07) is 22.9. The van der Waals surface area contributed by atoms with Crippen molar-refractivity contribution in [3.05, 3.63) is 102 Å². The highest BCUT2D eigenvalue weighted by Gasteiger charge is 2.10. The van der Waals surface area contributed by atoms with Gasteiger partial charge in [-0.1, -0.05) is 30.3 Å². The van der Waals surface area contributed by atoms with Gasteiger partial charge in [0.05, 0.1) is 11.3 Å². The first-order chi connectivity index (χ1) is 14.7. The maximum absolute atomic E-state index is 12.3. The van der Waals surface area contributed by atoms with E-state index in [0.717, 1.165) is 16.9 Å². The van der Waals surface area contributed by atoms with E-state index in [2.05, 4.69) is 20.8 Å². The van der Waals surface area contributed by atoms with Crippen molar-refractivity contribution in [2.75, 3.05) is 5.32 Å². The first kappa shape index (κ1) is 19.0. The van der Waals surface area contributed by atoms with Crippen LogP contribution in [0.2, 0.25) is 0 Å². The largest absolute Gasteiger partial charge is 0.457 e. The van der Waals surface area contributed by atoms with Crippen LogP contribution >= 0.6 is 0 Å². The minimum absolute atomic E-state index is 0.105. The van der Waals surface area contributed by atoms with Crippen LogP contribution in [-0.4, -0.2) is 32.1 Å². The zero-order valence-corrected chi connectivity index (χ0v) is 15.8. The number of rotatable bonds is 6. The summed E-state index contributed by atoms with van der Waals surface area (Å²) in [5, 5.41) is 13.8. The predicted octanol–water partition coefficient (Wildman–Crippen LogP) is 3.27. The number of hydrogen-bond acceptors (Lipinski definition) is 6. The van der Waals surface area contributed by atoms with Gasteiger partial charge in [0.15, 0.2) is 0 Å². The molecule has 3 aromatic carbocycles. The van der Waals surface area contributed by atoms with Gasteiger partial charge in [-0.3, -0.25) is 4.79 Å². The van der Waals surface area contributed by atoms with Crippen molar-refractivity contribution in [2.45, 2.75) is 6.61 Å². The quantitative estimate of drug-likeness (QED) is 0.500. The molecule has 0 saturated heterocycles. The summed E-state index contributed by atoms with van der Waals surface area (Å²) < 4.78 is 6.84. The van der Waals surface area contributed by atoms with Crippen LogP contribution < -0.4 is 5.32 Å². The molecule has 0 radical (unpaired) electrons. The average molecular weight is 399 g/mol. The molecule has 4 rings (SSSR count). The molecular formula is C22H17N5O3. The zero-order valence-electron chi connectivity index (χ0n) is 15.8. The topological polar surface area (TPSA) is 99.0 Å². The fourth-order valence-corrected chi connectivity index (χ4v) is 2.74. The number of ether oxygens (including phenoxy) is 1. The van der Waals surface area contributed by atoms with E-state index < -0.39 is 5.97 Å². The molecule has 8 heteroatoms. The second-order valence-electron chi connectivity index (χ2n) is 6.39. The van der Waals surface area contributed by atoms with E-state index in [1.165, 1.54) is 11.0 Å². The van der Waals surface area contributed by atoms with Crippen LogP contribution in [0.5, 0.6) is 0 Å². The molecule has 0 aliphatic carbocycles. The van der Waals surface area contributed by atoms with Crippen LogP contribution in [0.4, 0.5) is 5.69 Å². The van der Waals surface area contributed by atoms with Crippen molar-refractivity contribution in [1.82, 2.24) is 20.2 Å². The number of amides is 1. The number of carbonyl (C=O) groups excluding carboxylic acids is 2.